The molecule has 1 N–H and O–H groups in total. The number of hydrogen-bond acceptors (Lipinski definition) is 2. The molecule has 2 heteroatoms. The maximum Gasteiger partial charge on any atom is 0.0471 e. The summed E-state index contributed by atoms with van der Waals surface area (Å²) in [6.07, 6.45) is 5.03. The molecule has 0 heterocycles. The van der Waals surface area contributed by atoms with Gasteiger partial charge in [0.15, 0.2) is 0 Å². The van der Waals surface area contributed by atoms with Gasteiger partial charge in [0.25, 0.3) is 0 Å². The standard InChI is InChI=1S/C20H20OS/c1-14-17-5-3-4-6-19(17)20(18(14)11-12-21)13-15-7-9-16(22-2)10-8-15/h3-10,13,21H,11-12H2,1-2H3. The Morgan fingerprint density at radius 1 is 1.00 bits per heavy atom. The minimum Gasteiger partial charge on any atom is -0.396 e. The Morgan fingerprint density at radius 3 is 2.32 bits per heavy atom. The molecule has 112 valence electrons. The van der Waals surface area contributed by atoms with E-state index in [9.17, 15) is 5.11 Å². The number of hydrogen-bond donors (Lipinski definition) is 1. The largest absolute Gasteiger partial charge is 0.396 e. The molecule has 0 saturated heterocycles. The van der Waals surface area contributed by atoms with E-state index in [1.54, 1.807) is 11.8 Å². The van der Waals surface area contributed by atoms with E-state index in [0.29, 0.717) is 6.42 Å². The number of fused-ring (bicyclic) bond motifs is 1. The van der Waals surface area contributed by atoms with Gasteiger partial charge in [0, 0.05) is 11.5 Å². The van der Waals surface area contributed by atoms with Gasteiger partial charge >= 0.3 is 0 Å². The smallest absolute Gasteiger partial charge is 0.0471 e. The number of rotatable bonds is 4. The van der Waals surface area contributed by atoms with Crippen LogP contribution in [0.25, 0.3) is 17.2 Å². The molecule has 0 radical (unpaired) electrons. The molecule has 1 aliphatic rings. The van der Waals surface area contributed by atoms with E-state index < -0.39 is 0 Å². The molecule has 0 unspecified atom stereocenters. The van der Waals surface area contributed by atoms with Crippen molar-refractivity contribution in [1.82, 2.24) is 0 Å². The minimum atomic E-state index is 0.184. The van der Waals surface area contributed by atoms with Crippen molar-refractivity contribution in [3.05, 3.63) is 70.8 Å². The average Bonchev–Trinajstić information content (AvgIpc) is 2.82. The Kier molecular flexibility index (Phi) is 4.51. The van der Waals surface area contributed by atoms with Crippen LogP contribution in [-0.4, -0.2) is 18.0 Å². The van der Waals surface area contributed by atoms with Crippen molar-refractivity contribution in [3.8, 4) is 0 Å². The molecule has 0 atom stereocenters. The summed E-state index contributed by atoms with van der Waals surface area (Å²) in [5, 5.41) is 9.41. The SMILES string of the molecule is CSc1ccc(C=C2C(CCO)=C(C)c3ccccc32)cc1. The lowest BCUT2D eigenvalue weighted by atomic mass is 9.98. The highest BCUT2D eigenvalue weighted by atomic mass is 32.2. The van der Waals surface area contributed by atoms with Crippen LogP contribution in [0.15, 0.2) is 59.0 Å². The molecule has 1 aliphatic carbocycles. The first-order valence-corrected chi connectivity index (χ1v) is 8.73. The third kappa shape index (κ3) is 2.77. The summed E-state index contributed by atoms with van der Waals surface area (Å²) in [6.45, 7) is 2.34. The summed E-state index contributed by atoms with van der Waals surface area (Å²) < 4.78 is 0. The van der Waals surface area contributed by atoms with Crippen molar-refractivity contribution in [2.45, 2.75) is 18.2 Å². The lowest BCUT2D eigenvalue weighted by Gasteiger charge is -2.07. The van der Waals surface area contributed by atoms with Crippen LogP contribution in [0.5, 0.6) is 0 Å². The summed E-state index contributed by atoms with van der Waals surface area (Å²) in [5.41, 5.74) is 7.57. The Labute approximate surface area is 136 Å². The van der Waals surface area contributed by atoms with Crippen LogP contribution in [-0.2, 0) is 0 Å². The average molecular weight is 308 g/mol. The zero-order valence-corrected chi connectivity index (χ0v) is 13.8. The van der Waals surface area contributed by atoms with E-state index in [1.165, 1.54) is 38.3 Å². The van der Waals surface area contributed by atoms with Crippen LogP contribution in [0.4, 0.5) is 0 Å². The predicted molar refractivity (Wildman–Crippen MR) is 96.8 cm³/mol. The lowest BCUT2D eigenvalue weighted by molar-refractivity contribution is 0.301. The first-order chi connectivity index (χ1) is 10.7. The van der Waals surface area contributed by atoms with E-state index >= 15 is 0 Å². The fourth-order valence-corrected chi connectivity index (χ4v) is 3.45. The Balaban J connectivity index is 2.08. The van der Waals surface area contributed by atoms with Gasteiger partial charge in [0.1, 0.15) is 0 Å². The molecular formula is C20H20OS. The second-order valence-electron chi connectivity index (χ2n) is 5.45. The Morgan fingerprint density at radius 2 is 1.68 bits per heavy atom. The van der Waals surface area contributed by atoms with Crippen molar-refractivity contribution < 1.29 is 5.11 Å². The normalized spacial score (nSPS) is 15.5. The third-order valence-electron chi connectivity index (χ3n) is 4.19. The second-order valence-corrected chi connectivity index (χ2v) is 6.33. The highest BCUT2D eigenvalue weighted by molar-refractivity contribution is 7.98. The van der Waals surface area contributed by atoms with Crippen LogP contribution in [0.3, 0.4) is 0 Å². The quantitative estimate of drug-likeness (QED) is 0.791. The molecule has 0 aliphatic heterocycles. The van der Waals surface area contributed by atoms with Crippen molar-refractivity contribution in [3.63, 3.8) is 0 Å². The van der Waals surface area contributed by atoms with E-state index in [1.807, 2.05) is 0 Å². The van der Waals surface area contributed by atoms with Crippen molar-refractivity contribution in [2.24, 2.45) is 0 Å². The van der Waals surface area contributed by atoms with Crippen LogP contribution < -0.4 is 0 Å². The third-order valence-corrected chi connectivity index (χ3v) is 4.93. The maximum atomic E-state index is 9.41. The minimum absolute atomic E-state index is 0.184. The highest BCUT2D eigenvalue weighted by Crippen LogP contribution is 2.43. The molecule has 2 aromatic rings. The van der Waals surface area contributed by atoms with E-state index in [0.717, 1.165) is 0 Å². The molecule has 0 amide bonds. The highest BCUT2D eigenvalue weighted by Gasteiger charge is 2.22. The zero-order chi connectivity index (χ0) is 15.5. The predicted octanol–water partition coefficient (Wildman–Crippen LogP) is 5.12. The summed E-state index contributed by atoms with van der Waals surface area (Å²) in [6, 6.07) is 17.1. The van der Waals surface area contributed by atoms with Crippen LogP contribution in [0, 0.1) is 0 Å². The molecule has 0 bridgehead atoms. The lowest BCUT2D eigenvalue weighted by Crippen LogP contribution is -1.90. The van der Waals surface area contributed by atoms with Crippen LogP contribution in [0.1, 0.15) is 30.0 Å². The molecule has 0 saturated carbocycles. The van der Waals surface area contributed by atoms with Gasteiger partial charge in [-0.25, -0.2) is 0 Å². The van der Waals surface area contributed by atoms with Gasteiger partial charge in [-0.15, -0.1) is 11.8 Å². The van der Waals surface area contributed by atoms with Crippen LogP contribution in [0.2, 0.25) is 0 Å². The zero-order valence-electron chi connectivity index (χ0n) is 13.0. The van der Waals surface area contributed by atoms with Gasteiger partial charge in [-0.3, -0.25) is 0 Å². The van der Waals surface area contributed by atoms with Gasteiger partial charge in [-0.1, -0.05) is 36.4 Å². The first kappa shape index (κ1) is 15.1. The monoisotopic (exact) mass is 308 g/mol. The molecule has 0 spiro atoms. The maximum absolute atomic E-state index is 9.41. The molecule has 0 aromatic heterocycles. The molecular weight excluding hydrogens is 288 g/mol. The number of benzene rings is 2. The summed E-state index contributed by atoms with van der Waals surface area (Å²) >= 11 is 1.75. The first-order valence-electron chi connectivity index (χ1n) is 7.51. The molecule has 2 aromatic carbocycles. The number of thioether (sulfide) groups is 1. The van der Waals surface area contributed by atoms with Crippen molar-refractivity contribution in [1.29, 1.82) is 0 Å². The van der Waals surface area contributed by atoms with Gasteiger partial charge in [-0.2, -0.15) is 0 Å². The van der Waals surface area contributed by atoms with Crippen molar-refractivity contribution in [2.75, 3.05) is 12.9 Å². The summed E-state index contributed by atoms with van der Waals surface area (Å²) in [4.78, 5) is 1.27. The van der Waals surface area contributed by atoms with Crippen molar-refractivity contribution >= 4 is 29.0 Å². The second kappa shape index (κ2) is 6.55. The molecule has 1 nitrogen and oxygen atoms in total. The van der Waals surface area contributed by atoms with Crippen LogP contribution >= 0.6 is 11.8 Å². The molecule has 0 fully saturated rings. The fraction of sp³-hybridized carbons (Fsp3) is 0.200. The van der Waals surface area contributed by atoms with E-state index in [-0.39, 0.29) is 6.61 Å². The van der Waals surface area contributed by atoms with Gasteiger partial charge < -0.3 is 5.11 Å². The summed E-state index contributed by atoms with van der Waals surface area (Å²) in [7, 11) is 0. The van der Waals surface area contributed by atoms with Gasteiger partial charge in [0.05, 0.1) is 0 Å². The Hall–Kier alpha value is -1.77. The van der Waals surface area contributed by atoms with Gasteiger partial charge in [0.2, 0.25) is 0 Å². The molecule has 22 heavy (non-hydrogen) atoms. The summed E-state index contributed by atoms with van der Waals surface area (Å²) in [5.74, 6) is 0. The Bertz CT molecular complexity index is 739. The topological polar surface area (TPSA) is 20.2 Å². The molecule has 3 rings (SSSR count). The number of aliphatic hydroxyl groups excluding tert-OH is 1. The fourth-order valence-electron chi connectivity index (χ4n) is 3.04. The van der Waals surface area contributed by atoms with E-state index in [4.69, 9.17) is 0 Å². The van der Waals surface area contributed by atoms with Gasteiger partial charge in [-0.05, 0) is 71.2 Å². The number of allylic oxidation sites excluding steroid dienone is 2. The number of aliphatic hydroxyl groups is 1. The van der Waals surface area contributed by atoms with E-state index in [2.05, 4.69) is 67.8 Å².